The molecule has 150 valence electrons. The number of benzene rings is 1. The molecule has 0 heterocycles. The van der Waals surface area contributed by atoms with Gasteiger partial charge >= 0.3 is 0 Å². The average Bonchev–Trinajstić information content (AvgIpc) is 2.68. The maximum absolute atomic E-state index is 12.3. The third-order valence-electron chi connectivity index (χ3n) is 3.59. The zero-order chi connectivity index (χ0) is 21.4. The molecule has 0 bridgehead atoms. The van der Waals surface area contributed by atoms with E-state index in [0.717, 1.165) is 0 Å². The fraction of sp³-hybridized carbons (Fsp3) is 0.368. The number of hydroxylamine groups is 1. The summed E-state index contributed by atoms with van der Waals surface area (Å²) in [4.78, 5) is 24.0. The molecule has 0 aliphatic rings. The van der Waals surface area contributed by atoms with Crippen LogP contribution in [0, 0.1) is 23.7 Å². The van der Waals surface area contributed by atoms with Gasteiger partial charge in [0.15, 0.2) is 5.60 Å². The third kappa shape index (κ3) is 6.86. The van der Waals surface area contributed by atoms with E-state index in [-0.39, 0.29) is 11.4 Å². The lowest BCUT2D eigenvalue weighted by Crippen LogP contribution is -2.61. The second-order valence-electron chi connectivity index (χ2n) is 6.60. The van der Waals surface area contributed by atoms with E-state index >= 15 is 0 Å². The minimum absolute atomic E-state index is 0.253. The fourth-order valence-electron chi connectivity index (χ4n) is 1.94. The summed E-state index contributed by atoms with van der Waals surface area (Å²) in [5, 5.41) is 29.9. The highest BCUT2D eigenvalue weighted by atomic mass is 35.5. The predicted molar refractivity (Wildman–Crippen MR) is 103 cm³/mol. The van der Waals surface area contributed by atoms with Gasteiger partial charge in [-0.3, -0.25) is 14.8 Å². The van der Waals surface area contributed by atoms with E-state index in [4.69, 9.17) is 27.6 Å². The lowest BCUT2D eigenvalue weighted by Gasteiger charge is -2.29. The van der Waals surface area contributed by atoms with Gasteiger partial charge in [-0.2, -0.15) is 0 Å². The number of aliphatic hydroxyl groups excluding tert-OH is 1. The fourth-order valence-corrected chi connectivity index (χ4v) is 2.09. The van der Waals surface area contributed by atoms with Crippen molar-refractivity contribution >= 4 is 23.4 Å². The van der Waals surface area contributed by atoms with Gasteiger partial charge in [-0.05, 0) is 50.0 Å². The second kappa shape index (κ2) is 10.1. The molecule has 0 aliphatic heterocycles. The van der Waals surface area contributed by atoms with Gasteiger partial charge in [0.1, 0.15) is 6.04 Å². The first-order valence-corrected chi connectivity index (χ1v) is 8.66. The van der Waals surface area contributed by atoms with Crippen molar-refractivity contribution in [2.45, 2.75) is 31.0 Å². The smallest absolute Gasteiger partial charge is 0.267 e. The number of amides is 2. The maximum Gasteiger partial charge on any atom is 0.267 e. The Balaban J connectivity index is 2.88. The van der Waals surface area contributed by atoms with Crippen LogP contribution in [-0.4, -0.2) is 56.9 Å². The Morgan fingerprint density at radius 3 is 2.32 bits per heavy atom. The van der Waals surface area contributed by atoms with Gasteiger partial charge in [0.25, 0.3) is 11.8 Å². The van der Waals surface area contributed by atoms with Crippen LogP contribution in [0.25, 0.3) is 0 Å². The Kier molecular flexibility index (Phi) is 8.45. The Morgan fingerprint density at radius 1 is 1.25 bits per heavy atom. The van der Waals surface area contributed by atoms with Crippen LogP contribution < -0.4 is 16.5 Å². The van der Waals surface area contributed by atoms with E-state index in [1.807, 2.05) is 0 Å². The molecule has 0 saturated heterocycles. The van der Waals surface area contributed by atoms with E-state index < -0.39 is 35.6 Å². The van der Waals surface area contributed by atoms with Gasteiger partial charge < -0.3 is 21.3 Å². The number of carbonyl (C=O) groups is 2. The first kappa shape index (κ1) is 23.4. The molecule has 8 nitrogen and oxygen atoms in total. The highest BCUT2D eigenvalue weighted by Gasteiger charge is 2.33. The van der Waals surface area contributed by atoms with E-state index in [1.165, 1.54) is 31.5 Å². The van der Waals surface area contributed by atoms with Crippen molar-refractivity contribution in [3.63, 3.8) is 0 Å². The van der Waals surface area contributed by atoms with Gasteiger partial charge in [0.2, 0.25) is 0 Å². The standard InChI is InChI=1S/C19H22ClN3O5/c1-18(2,21)15(17(26)23-28)22-16(25)14-8-6-13(7-9-14)5-3-4-10-19(27,11-20)12-24/h6-9,15,24,27-28H,11-12,21H2,1-2H3,(H,22,25)(H,23,26). The summed E-state index contributed by atoms with van der Waals surface area (Å²) < 4.78 is 0. The average molecular weight is 408 g/mol. The summed E-state index contributed by atoms with van der Waals surface area (Å²) in [6.45, 7) is 2.47. The molecule has 2 amide bonds. The van der Waals surface area contributed by atoms with Gasteiger partial charge in [0.05, 0.1) is 12.5 Å². The van der Waals surface area contributed by atoms with Crippen LogP contribution in [0.1, 0.15) is 29.8 Å². The van der Waals surface area contributed by atoms with Crippen molar-refractivity contribution in [1.82, 2.24) is 10.8 Å². The van der Waals surface area contributed by atoms with Crippen molar-refractivity contribution in [3.05, 3.63) is 35.4 Å². The number of aliphatic hydroxyl groups is 2. The number of hydrogen-bond donors (Lipinski definition) is 6. The van der Waals surface area contributed by atoms with Crippen molar-refractivity contribution < 1.29 is 25.0 Å². The van der Waals surface area contributed by atoms with E-state index in [1.54, 1.807) is 12.1 Å². The van der Waals surface area contributed by atoms with Crippen LogP contribution in [0.3, 0.4) is 0 Å². The Hall–Kier alpha value is -2.59. The SMILES string of the molecule is CC(C)(N)C(NC(=O)c1ccc(C#CC#CC(O)(CO)CCl)cc1)C(=O)NO. The molecule has 0 aliphatic carbocycles. The van der Waals surface area contributed by atoms with Gasteiger partial charge in [-0.15, -0.1) is 11.6 Å². The summed E-state index contributed by atoms with van der Waals surface area (Å²) in [6.07, 6.45) is 0. The summed E-state index contributed by atoms with van der Waals surface area (Å²) in [5.41, 5.74) is 5.34. The van der Waals surface area contributed by atoms with Crippen molar-refractivity contribution in [2.24, 2.45) is 5.73 Å². The minimum Gasteiger partial charge on any atom is -0.392 e. The van der Waals surface area contributed by atoms with Crippen LogP contribution in [0.4, 0.5) is 0 Å². The number of nitrogens with two attached hydrogens (primary N) is 1. The van der Waals surface area contributed by atoms with Gasteiger partial charge in [-0.1, -0.05) is 11.8 Å². The van der Waals surface area contributed by atoms with Crippen LogP contribution in [-0.2, 0) is 4.79 Å². The van der Waals surface area contributed by atoms with Gasteiger partial charge in [0, 0.05) is 16.7 Å². The molecule has 0 saturated carbocycles. The largest absolute Gasteiger partial charge is 0.392 e. The molecule has 0 spiro atoms. The number of carbonyl (C=O) groups excluding carboxylic acids is 2. The molecule has 0 aromatic heterocycles. The molecule has 0 fully saturated rings. The van der Waals surface area contributed by atoms with Crippen LogP contribution >= 0.6 is 11.6 Å². The monoisotopic (exact) mass is 407 g/mol. The van der Waals surface area contributed by atoms with Crippen LogP contribution in [0.2, 0.25) is 0 Å². The van der Waals surface area contributed by atoms with E-state index in [2.05, 4.69) is 29.0 Å². The number of halogens is 1. The lowest BCUT2D eigenvalue weighted by molar-refractivity contribution is -0.132. The molecule has 0 radical (unpaired) electrons. The number of hydrogen-bond acceptors (Lipinski definition) is 6. The minimum atomic E-state index is -1.70. The Morgan fingerprint density at radius 2 is 1.86 bits per heavy atom. The lowest BCUT2D eigenvalue weighted by atomic mass is 9.95. The highest BCUT2D eigenvalue weighted by Crippen LogP contribution is 2.09. The second-order valence-corrected chi connectivity index (χ2v) is 6.87. The molecule has 2 unspecified atom stereocenters. The topological polar surface area (TPSA) is 145 Å². The van der Waals surface area contributed by atoms with Crippen LogP contribution in [0.15, 0.2) is 24.3 Å². The third-order valence-corrected chi connectivity index (χ3v) is 4.03. The highest BCUT2D eigenvalue weighted by molar-refractivity contribution is 6.18. The molecule has 1 rings (SSSR count). The Bertz CT molecular complexity index is 822. The quantitative estimate of drug-likeness (QED) is 0.160. The molecular weight excluding hydrogens is 386 g/mol. The van der Waals surface area contributed by atoms with Crippen LogP contribution in [0.5, 0.6) is 0 Å². The van der Waals surface area contributed by atoms with E-state index in [0.29, 0.717) is 5.56 Å². The zero-order valence-electron chi connectivity index (χ0n) is 15.4. The number of rotatable bonds is 6. The molecule has 7 N–H and O–H groups in total. The Labute approximate surface area is 168 Å². The zero-order valence-corrected chi connectivity index (χ0v) is 16.2. The maximum atomic E-state index is 12.3. The first-order chi connectivity index (χ1) is 13.1. The van der Waals surface area contributed by atoms with Gasteiger partial charge in [-0.25, -0.2) is 5.48 Å². The van der Waals surface area contributed by atoms with Crippen molar-refractivity contribution in [2.75, 3.05) is 12.5 Å². The summed E-state index contributed by atoms with van der Waals surface area (Å²) >= 11 is 5.50. The molecular formula is C19H22ClN3O5. The molecule has 28 heavy (non-hydrogen) atoms. The molecule has 2 atom stereocenters. The number of alkyl halides is 1. The van der Waals surface area contributed by atoms with Crippen molar-refractivity contribution in [3.8, 4) is 23.7 Å². The molecule has 9 heteroatoms. The number of nitrogens with one attached hydrogen (secondary N) is 2. The predicted octanol–water partition coefficient (Wildman–Crippen LogP) is -0.655. The normalized spacial score (nSPS) is 13.7. The summed E-state index contributed by atoms with van der Waals surface area (Å²) in [6, 6.07) is 4.97. The van der Waals surface area contributed by atoms with E-state index in [9.17, 15) is 14.7 Å². The first-order valence-electron chi connectivity index (χ1n) is 8.12. The van der Waals surface area contributed by atoms with Crippen molar-refractivity contribution in [1.29, 1.82) is 0 Å². The summed E-state index contributed by atoms with van der Waals surface area (Å²) in [7, 11) is 0. The summed E-state index contributed by atoms with van der Waals surface area (Å²) in [5.74, 6) is 8.36. The molecule has 1 aromatic carbocycles. The molecule has 1 aromatic rings.